The van der Waals surface area contributed by atoms with Crippen LogP contribution in [0.4, 0.5) is 0 Å². The van der Waals surface area contributed by atoms with Crippen molar-refractivity contribution in [3.63, 3.8) is 0 Å². The highest BCUT2D eigenvalue weighted by Crippen LogP contribution is 2.50. The predicted octanol–water partition coefficient (Wildman–Crippen LogP) is 2.65. The predicted molar refractivity (Wildman–Crippen MR) is 64.4 cm³/mol. The largest absolute Gasteiger partial charge is 0.469 e. The maximum atomic E-state index is 11.8. The highest BCUT2D eigenvalue weighted by atomic mass is 16.5. The second kappa shape index (κ2) is 4.28. The fourth-order valence-electron chi connectivity index (χ4n) is 3.23. The molecule has 2 aliphatic rings. The zero-order valence-corrected chi connectivity index (χ0v) is 10.8. The summed E-state index contributed by atoms with van der Waals surface area (Å²) in [5, 5.41) is 0. The van der Waals surface area contributed by atoms with E-state index in [2.05, 4.69) is 6.92 Å². The molecule has 0 N–H and O–H groups in total. The van der Waals surface area contributed by atoms with Crippen LogP contribution in [0.1, 0.15) is 46.0 Å². The number of Topliss-reactive ketones (excluding diaryl/α,β-unsaturated/α-hetero) is 1. The first kappa shape index (κ1) is 12.3. The highest BCUT2D eigenvalue weighted by molar-refractivity contribution is 5.97. The lowest BCUT2D eigenvalue weighted by atomic mass is 9.61. The summed E-state index contributed by atoms with van der Waals surface area (Å²) >= 11 is 0. The lowest BCUT2D eigenvalue weighted by Crippen LogP contribution is -2.35. The molecule has 0 unspecified atom stereocenters. The van der Waals surface area contributed by atoms with Crippen molar-refractivity contribution in [1.82, 2.24) is 0 Å². The van der Waals surface area contributed by atoms with Crippen LogP contribution in [-0.2, 0) is 14.3 Å². The molecular formula is C14H20O3. The molecular weight excluding hydrogens is 216 g/mol. The van der Waals surface area contributed by atoms with Crippen LogP contribution in [0, 0.1) is 11.3 Å². The van der Waals surface area contributed by atoms with Crippen LogP contribution in [0.15, 0.2) is 11.1 Å². The Balaban J connectivity index is 2.29. The lowest BCUT2D eigenvalue weighted by molar-refractivity contribution is -0.146. The molecule has 0 aromatic carbocycles. The van der Waals surface area contributed by atoms with Crippen LogP contribution in [0.2, 0.25) is 0 Å². The van der Waals surface area contributed by atoms with Crippen LogP contribution in [0.5, 0.6) is 0 Å². The molecule has 0 spiro atoms. The number of rotatable bonds is 1. The van der Waals surface area contributed by atoms with Gasteiger partial charge in [-0.15, -0.1) is 0 Å². The number of fused-ring (bicyclic) bond motifs is 1. The van der Waals surface area contributed by atoms with Gasteiger partial charge in [0.2, 0.25) is 0 Å². The Morgan fingerprint density at radius 1 is 1.41 bits per heavy atom. The van der Waals surface area contributed by atoms with E-state index in [-0.39, 0.29) is 23.1 Å². The number of methoxy groups -OCH3 is 1. The van der Waals surface area contributed by atoms with Crippen molar-refractivity contribution in [2.75, 3.05) is 7.11 Å². The van der Waals surface area contributed by atoms with Crippen molar-refractivity contribution >= 4 is 11.8 Å². The SMILES string of the molecule is COC(=O)[C@@H]1CC[C@@]2(C)CCC(=O)C(C)=C2C1. The summed E-state index contributed by atoms with van der Waals surface area (Å²) in [7, 11) is 1.43. The van der Waals surface area contributed by atoms with Gasteiger partial charge >= 0.3 is 5.97 Å². The van der Waals surface area contributed by atoms with Crippen molar-refractivity contribution in [3.05, 3.63) is 11.1 Å². The Morgan fingerprint density at radius 3 is 2.76 bits per heavy atom. The average molecular weight is 236 g/mol. The smallest absolute Gasteiger partial charge is 0.308 e. The minimum absolute atomic E-state index is 0.0519. The summed E-state index contributed by atoms with van der Waals surface area (Å²) < 4.78 is 4.82. The molecule has 2 atom stereocenters. The van der Waals surface area contributed by atoms with Gasteiger partial charge in [-0.1, -0.05) is 12.5 Å². The number of ketones is 1. The zero-order chi connectivity index (χ0) is 12.6. The molecule has 0 aliphatic heterocycles. The second-order valence-corrected chi connectivity index (χ2v) is 5.55. The molecule has 0 amide bonds. The first-order valence-corrected chi connectivity index (χ1v) is 6.29. The van der Waals surface area contributed by atoms with Gasteiger partial charge in [-0.3, -0.25) is 9.59 Å². The van der Waals surface area contributed by atoms with Crippen LogP contribution in [0.25, 0.3) is 0 Å². The number of carbonyl (C=O) groups is 2. The minimum atomic E-state index is -0.134. The van der Waals surface area contributed by atoms with E-state index in [4.69, 9.17) is 4.74 Å². The van der Waals surface area contributed by atoms with Gasteiger partial charge in [0.1, 0.15) is 0 Å². The summed E-state index contributed by atoms with van der Waals surface area (Å²) in [5.41, 5.74) is 2.24. The zero-order valence-electron chi connectivity index (χ0n) is 10.8. The Labute approximate surface area is 102 Å². The average Bonchev–Trinajstić information content (AvgIpc) is 2.33. The van der Waals surface area contributed by atoms with Crippen LogP contribution < -0.4 is 0 Å². The van der Waals surface area contributed by atoms with E-state index >= 15 is 0 Å². The molecule has 0 aromatic heterocycles. The summed E-state index contributed by atoms with van der Waals surface area (Å²) in [6.45, 7) is 4.14. The number of carbonyl (C=O) groups excluding carboxylic acids is 2. The number of esters is 1. The lowest BCUT2D eigenvalue weighted by Gasteiger charge is -2.42. The second-order valence-electron chi connectivity index (χ2n) is 5.55. The van der Waals surface area contributed by atoms with Gasteiger partial charge in [-0.25, -0.2) is 0 Å². The van der Waals surface area contributed by atoms with Crippen molar-refractivity contribution in [2.45, 2.75) is 46.0 Å². The molecule has 2 rings (SSSR count). The van der Waals surface area contributed by atoms with E-state index in [9.17, 15) is 9.59 Å². The van der Waals surface area contributed by atoms with Gasteiger partial charge in [-0.05, 0) is 43.6 Å². The molecule has 1 fully saturated rings. The molecule has 0 heterocycles. The molecule has 2 aliphatic carbocycles. The molecule has 3 heteroatoms. The van der Waals surface area contributed by atoms with Gasteiger partial charge in [-0.2, -0.15) is 0 Å². The van der Waals surface area contributed by atoms with Crippen molar-refractivity contribution < 1.29 is 14.3 Å². The van der Waals surface area contributed by atoms with E-state index in [0.29, 0.717) is 12.8 Å². The fourth-order valence-corrected chi connectivity index (χ4v) is 3.23. The van der Waals surface area contributed by atoms with Crippen LogP contribution >= 0.6 is 0 Å². The van der Waals surface area contributed by atoms with E-state index in [1.165, 1.54) is 12.7 Å². The Morgan fingerprint density at radius 2 is 2.12 bits per heavy atom. The van der Waals surface area contributed by atoms with E-state index < -0.39 is 0 Å². The van der Waals surface area contributed by atoms with Gasteiger partial charge in [0.05, 0.1) is 13.0 Å². The van der Waals surface area contributed by atoms with Gasteiger partial charge < -0.3 is 4.74 Å². The first-order chi connectivity index (χ1) is 7.98. The summed E-state index contributed by atoms with van der Waals surface area (Å²) in [4.78, 5) is 23.4. The van der Waals surface area contributed by atoms with Crippen LogP contribution in [-0.4, -0.2) is 18.9 Å². The molecule has 0 saturated heterocycles. The molecule has 17 heavy (non-hydrogen) atoms. The summed E-state index contributed by atoms with van der Waals surface area (Å²) in [6, 6.07) is 0. The van der Waals surface area contributed by atoms with E-state index in [0.717, 1.165) is 24.8 Å². The van der Waals surface area contributed by atoms with Crippen molar-refractivity contribution in [3.8, 4) is 0 Å². The monoisotopic (exact) mass is 236 g/mol. The molecule has 1 saturated carbocycles. The van der Waals surface area contributed by atoms with Gasteiger partial charge in [0.25, 0.3) is 0 Å². The third-order valence-electron chi connectivity index (χ3n) is 4.53. The number of ether oxygens (including phenoxy) is 1. The Kier molecular flexibility index (Phi) is 3.11. The van der Waals surface area contributed by atoms with E-state index in [1.807, 2.05) is 6.92 Å². The van der Waals surface area contributed by atoms with E-state index in [1.54, 1.807) is 0 Å². The van der Waals surface area contributed by atoms with Crippen LogP contribution in [0.3, 0.4) is 0 Å². The number of hydrogen-bond acceptors (Lipinski definition) is 3. The number of allylic oxidation sites excluding steroid dienone is 2. The normalized spacial score (nSPS) is 33.4. The number of hydrogen-bond donors (Lipinski definition) is 0. The quantitative estimate of drug-likeness (QED) is 0.657. The van der Waals surface area contributed by atoms with Crippen molar-refractivity contribution in [1.29, 1.82) is 0 Å². The van der Waals surface area contributed by atoms with Gasteiger partial charge in [0.15, 0.2) is 5.78 Å². The fraction of sp³-hybridized carbons (Fsp3) is 0.714. The molecule has 94 valence electrons. The standard InChI is InChI=1S/C14H20O3/c1-9-11-8-10(13(16)17-3)4-6-14(11,2)7-5-12(9)15/h10H,4-8H2,1-3H3/t10-,14+/m1/s1. The molecule has 3 nitrogen and oxygen atoms in total. The van der Waals surface area contributed by atoms with Crippen molar-refractivity contribution in [2.24, 2.45) is 11.3 Å². The highest BCUT2D eigenvalue weighted by Gasteiger charge is 2.42. The topological polar surface area (TPSA) is 43.4 Å². The summed E-state index contributed by atoms with van der Waals surface area (Å²) in [5.74, 6) is 0.0669. The molecule has 0 aromatic rings. The maximum Gasteiger partial charge on any atom is 0.308 e. The Bertz CT molecular complexity index is 394. The first-order valence-electron chi connectivity index (χ1n) is 6.29. The minimum Gasteiger partial charge on any atom is -0.469 e. The third-order valence-corrected chi connectivity index (χ3v) is 4.53. The molecule has 0 bridgehead atoms. The maximum absolute atomic E-state index is 11.8. The third kappa shape index (κ3) is 2.03. The molecule has 0 radical (unpaired) electrons. The Hall–Kier alpha value is -1.12. The summed E-state index contributed by atoms with van der Waals surface area (Å²) in [6.07, 6.45) is 4.18. The van der Waals surface area contributed by atoms with Gasteiger partial charge in [0, 0.05) is 6.42 Å².